The predicted octanol–water partition coefficient (Wildman–Crippen LogP) is 1.48. The first kappa shape index (κ1) is 8.41. The number of ether oxygens (including phenoxy) is 1. The second-order valence-corrected chi connectivity index (χ2v) is 2.42. The Morgan fingerprint density at radius 2 is 2.33 bits per heavy atom. The number of benzene rings is 1. The van der Waals surface area contributed by atoms with Crippen molar-refractivity contribution in [3.8, 4) is 11.8 Å². The van der Waals surface area contributed by atoms with Gasteiger partial charge in [-0.2, -0.15) is 5.26 Å². The van der Waals surface area contributed by atoms with Crippen LogP contribution in [0.5, 0.6) is 5.75 Å². The molecular weight excluding hydrogens is 152 g/mol. The molecule has 62 valence electrons. The van der Waals surface area contributed by atoms with E-state index in [4.69, 9.17) is 15.7 Å². The zero-order valence-electron chi connectivity index (χ0n) is 6.87. The summed E-state index contributed by atoms with van der Waals surface area (Å²) >= 11 is 0. The molecule has 12 heavy (non-hydrogen) atoms. The van der Waals surface area contributed by atoms with Crippen LogP contribution in [0.2, 0.25) is 0 Å². The van der Waals surface area contributed by atoms with Crippen LogP contribution in [0.15, 0.2) is 18.2 Å². The maximum atomic E-state index is 8.28. The van der Waals surface area contributed by atoms with Crippen molar-refractivity contribution in [1.82, 2.24) is 0 Å². The molecular formula is C9H10N2O. The highest BCUT2D eigenvalue weighted by Gasteiger charge is 2.00. The summed E-state index contributed by atoms with van der Waals surface area (Å²) in [6.45, 7) is 1.92. The number of nitrogens with two attached hydrogens (primary N) is 1. The fraction of sp³-hybridized carbons (Fsp3) is 0.222. The smallest absolute Gasteiger partial charge is 0.174 e. The summed E-state index contributed by atoms with van der Waals surface area (Å²) in [7, 11) is 0. The molecule has 2 N–H and O–H groups in total. The number of nitriles is 1. The van der Waals surface area contributed by atoms with Gasteiger partial charge in [0.2, 0.25) is 0 Å². The van der Waals surface area contributed by atoms with Gasteiger partial charge in [-0.05, 0) is 19.1 Å². The van der Waals surface area contributed by atoms with Gasteiger partial charge in [0.05, 0.1) is 0 Å². The number of nitrogens with zero attached hydrogens (tertiary/aromatic N) is 1. The van der Waals surface area contributed by atoms with Crippen LogP contribution in [-0.4, -0.2) is 6.61 Å². The SMILES string of the molecule is Cc1c(N)cccc1OCC#N. The van der Waals surface area contributed by atoms with E-state index >= 15 is 0 Å². The Hall–Kier alpha value is -1.69. The zero-order chi connectivity index (χ0) is 8.97. The Morgan fingerprint density at radius 1 is 1.58 bits per heavy atom. The topological polar surface area (TPSA) is 59.0 Å². The van der Waals surface area contributed by atoms with E-state index in [-0.39, 0.29) is 6.61 Å². The van der Waals surface area contributed by atoms with Gasteiger partial charge in [0, 0.05) is 11.3 Å². The van der Waals surface area contributed by atoms with Crippen molar-refractivity contribution in [2.45, 2.75) is 6.92 Å². The first-order chi connectivity index (χ1) is 5.75. The van der Waals surface area contributed by atoms with Gasteiger partial charge < -0.3 is 10.5 Å². The molecule has 0 unspecified atom stereocenters. The van der Waals surface area contributed by atoms with E-state index in [1.165, 1.54) is 0 Å². The van der Waals surface area contributed by atoms with Gasteiger partial charge in [-0.1, -0.05) is 6.07 Å². The molecule has 0 aromatic heterocycles. The average molecular weight is 162 g/mol. The maximum Gasteiger partial charge on any atom is 0.174 e. The fourth-order valence-corrected chi connectivity index (χ4v) is 0.898. The molecule has 1 aromatic rings. The summed E-state index contributed by atoms with van der Waals surface area (Å²) in [6.07, 6.45) is 0. The summed E-state index contributed by atoms with van der Waals surface area (Å²) in [4.78, 5) is 0. The van der Waals surface area contributed by atoms with Crippen LogP contribution in [0.4, 0.5) is 5.69 Å². The summed E-state index contributed by atoms with van der Waals surface area (Å²) < 4.78 is 5.13. The highest BCUT2D eigenvalue weighted by molar-refractivity contribution is 5.53. The Morgan fingerprint density at radius 3 is 3.00 bits per heavy atom. The summed E-state index contributed by atoms with van der Waals surface area (Å²) in [5, 5.41) is 8.28. The molecule has 0 radical (unpaired) electrons. The second-order valence-electron chi connectivity index (χ2n) is 2.42. The lowest BCUT2D eigenvalue weighted by molar-refractivity contribution is 0.366. The number of nitrogen functional groups attached to an aromatic ring is 1. The first-order valence-electron chi connectivity index (χ1n) is 3.60. The normalized spacial score (nSPS) is 9.00. The first-order valence-corrected chi connectivity index (χ1v) is 3.60. The van der Waals surface area contributed by atoms with Gasteiger partial charge in [0.25, 0.3) is 0 Å². The summed E-state index contributed by atoms with van der Waals surface area (Å²) in [5.41, 5.74) is 7.20. The average Bonchev–Trinajstić information content (AvgIpc) is 2.08. The third-order valence-corrected chi connectivity index (χ3v) is 1.62. The Bertz CT molecular complexity index is 315. The molecule has 0 aliphatic carbocycles. The molecule has 0 heterocycles. The highest BCUT2D eigenvalue weighted by atomic mass is 16.5. The quantitative estimate of drug-likeness (QED) is 0.670. The molecule has 0 aliphatic heterocycles. The zero-order valence-corrected chi connectivity index (χ0v) is 6.87. The van der Waals surface area contributed by atoms with Crippen molar-refractivity contribution >= 4 is 5.69 Å². The summed E-state index contributed by atoms with van der Waals surface area (Å²) in [5.74, 6) is 0.677. The number of hydrogen-bond donors (Lipinski definition) is 1. The molecule has 0 saturated carbocycles. The molecule has 3 heteroatoms. The predicted molar refractivity (Wildman–Crippen MR) is 46.7 cm³/mol. The van der Waals surface area contributed by atoms with Crippen LogP contribution in [0, 0.1) is 18.3 Å². The molecule has 1 aromatic carbocycles. The largest absolute Gasteiger partial charge is 0.478 e. The van der Waals surface area contributed by atoms with E-state index in [1.807, 2.05) is 13.0 Å². The van der Waals surface area contributed by atoms with Crippen molar-refractivity contribution in [1.29, 1.82) is 5.26 Å². The highest BCUT2D eigenvalue weighted by Crippen LogP contribution is 2.22. The molecule has 0 atom stereocenters. The Kier molecular flexibility index (Phi) is 2.54. The molecule has 0 aliphatic rings. The van der Waals surface area contributed by atoms with Gasteiger partial charge in [-0.3, -0.25) is 0 Å². The van der Waals surface area contributed by atoms with Crippen molar-refractivity contribution in [3.63, 3.8) is 0 Å². The minimum Gasteiger partial charge on any atom is -0.478 e. The van der Waals surface area contributed by atoms with Crippen molar-refractivity contribution in [3.05, 3.63) is 23.8 Å². The lowest BCUT2D eigenvalue weighted by Gasteiger charge is -2.06. The van der Waals surface area contributed by atoms with Gasteiger partial charge in [0.15, 0.2) is 6.61 Å². The second kappa shape index (κ2) is 3.63. The van der Waals surface area contributed by atoms with Crippen LogP contribution < -0.4 is 10.5 Å². The van der Waals surface area contributed by atoms with Gasteiger partial charge in [-0.15, -0.1) is 0 Å². The van der Waals surface area contributed by atoms with Crippen molar-refractivity contribution < 1.29 is 4.74 Å². The van der Waals surface area contributed by atoms with Gasteiger partial charge in [0.1, 0.15) is 11.8 Å². The van der Waals surface area contributed by atoms with E-state index in [9.17, 15) is 0 Å². The van der Waals surface area contributed by atoms with E-state index < -0.39 is 0 Å². The number of rotatable bonds is 2. The van der Waals surface area contributed by atoms with Gasteiger partial charge >= 0.3 is 0 Å². The third kappa shape index (κ3) is 1.67. The monoisotopic (exact) mass is 162 g/mol. The van der Waals surface area contributed by atoms with E-state index in [1.54, 1.807) is 18.2 Å². The third-order valence-electron chi connectivity index (χ3n) is 1.62. The van der Waals surface area contributed by atoms with Crippen LogP contribution in [-0.2, 0) is 0 Å². The molecule has 0 fully saturated rings. The van der Waals surface area contributed by atoms with Crippen LogP contribution >= 0.6 is 0 Å². The van der Waals surface area contributed by atoms with Crippen molar-refractivity contribution in [2.24, 2.45) is 0 Å². The van der Waals surface area contributed by atoms with Crippen molar-refractivity contribution in [2.75, 3.05) is 12.3 Å². The lowest BCUT2D eigenvalue weighted by Crippen LogP contribution is -1.98. The van der Waals surface area contributed by atoms with E-state index in [0.717, 1.165) is 5.56 Å². The van der Waals surface area contributed by atoms with E-state index in [2.05, 4.69) is 0 Å². The van der Waals surface area contributed by atoms with Crippen LogP contribution in [0.25, 0.3) is 0 Å². The fourth-order valence-electron chi connectivity index (χ4n) is 0.898. The minimum atomic E-state index is 0.0598. The molecule has 1 rings (SSSR count). The molecule has 0 amide bonds. The standard InChI is InChI=1S/C9H10N2O/c1-7-8(11)3-2-4-9(7)12-6-5-10/h2-4H,6,11H2,1H3. The maximum absolute atomic E-state index is 8.28. The number of anilines is 1. The lowest BCUT2D eigenvalue weighted by atomic mass is 10.2. The molecule has 0 spiro atoms. The van der Waals surface area contributed by atoms with Gasteiger partial charge in [-0.25, -0.2) is 0 Å². The number of hydrogen-bond acceptors (Lipinski definition) is 3. The Balaban J connectivity index is 2.86. The van der Waals surface area contributed by atoms with E-state index in [0.29, 0.717) is 11.4 Å². The Labute approximate surface area is 71.4 Å². The van der Waals surface area contributed by atoms with Crippen LogP contribution in [0.1, 0.15) is 5.56 Å². The molecule has 0 saturated heterocycles. The summed E-state index contributed by atoms with van der Waals surface area (Å²) in [6, 6.07) is 7.30. The minimum absolute atomic E-state index is 0.0598. The van der Waals surface area contributed by atoms with Crippen LogP contribution in [0.3, 0.4) is 0 Å². The molecule has 3 nitrogen and oxygen atoms in total. The molecule has 0 bridgehead atoms.